The van der Waals surface area contributed by atoms with Gasteiger partial charge in [0.15, 0.2) is 0 Å². The first-order valence-electron chi connectivity index (χ1n) is 7.89. The van der Waals surface area contributed by atoms with Crippen molar-refractivity contribution in [1.29, 1.82) is 0 Å². The number of primary amides is 1. The number of likely N-dealkylation sites (tertiary alicyclic amines) is 1. The van der Waals surface area contributed by atoms with Gasteiger partial charge in [-0.15, -0.1) is 0 Å². The number of nitrogens with zero attached hydrogens (tertiary/aromatic N) is 1. The van der Waals surface area contributed by atoms with Crippen LogP contribution in [0.2, 0.25) is 0 Å². The van der Waals surface area contributed by atoms with Crippen LogP contribution in [0, 0.1) is 12.8 Å². The van der Waals surface area contributed by atoms with Crippen molar-refractivity contribution in [2.75, 3.05) is 18.8 Å². The average molecular weight is 336 g/mol. The highest BCUT2D eigenvalue weighted by atomic mass is 32.2. The molecule has 126 valence electrons. The van der Waals surface area contributed by atoms with Crippen LogP contribution in [0.5, 0.6) is 0 Å². The lowest BCUT2D eigenvalue weighted by molar-refractivity contribution is -0.132. The standard InChI is InChI=1S/C17H24N2O3S/c1-12-5-3-6-14(9-12)13(2)23(22)11-16(20)19-8-4-7-15(10-19)17(18)21/h3,5-6,9,13,15H,4,7-8,10-11H2,1-2H3,(H2,18,21)/t13-,15+,23-/m0/s1. The fourth-order valence-electron chi connectivity index (χ4n) is 2.85. The number of hydrogen-bond donors (Lipinski definition) is 1. The highest BCUT2D eigenvalue weighted by molar-refractivity contribution is 7.86. The maximum Gasteiger partial charge on any atom is 0.235 e. The highest BCUT2D eigenvalue weighted by Gasteiger charge is 2.28. The SMILES string of the molecule is Cc1cccc([C@H](C)[S@@](=O)CC(=O)N2CCC[C@@H](C(N)=O)C2)c1. The van der Waals surface area contributed by atoms with Gasteiger partial charge in [-0.1, -0.05) is 29.8 Å². The maximum atomic E-state index is 12.5. The zero-order valence-electron chi connectivity index (χ0n) is 13.7. The third kappa shape index (κ3) is 4.64. The lowest BCUT2D eigenvalue weighted by Crippen LogP contribution is -2.45. The van der Waals surface area contributed by atoms with Gasteiger partial charge in [-0.05, 0) is 32.3 Å². The summed E-state index contributed by atoms with van der Waals surface area (Å²) in [5.41, 5.74) is 7.42. The minimum Gasteiger partial charge on any atom is -0.369 e. The van der Waals surface area contributed by atoms with Gasteiger partial charge in [-0.3, -0.25) is 13.8 Å². The van der Waals surface area contributed by atoms with Crippen LogP contribution in [-0.4, -0.2) is 39.8 Å². The molecule has 1 aliphatic rings. The average Bonchev–Trinajstić information content (AvgIpc) is 2.54. The van der Waals surface area contributed by atoms with Crippen LogP contribution < -0.4 is 5.73 Å². The van der Waals surface area contributed by atoms with Gasteiger partial charge < -0.3 is 10.6 Å². The number of nitrogens with two attached hydrogens (primary N) is 1. The normalized spacial score (nSPS) is 20.8. The second-order valence-corrected chi connectivity index (χ2v) is 7.92. The molecule has 0 spiro atoms. The molecule has 0 aliphatic carbocycles. The topological polar surface area (TPSA) is 80.5 Å². The van der Waals surface area contributed by atoms with E-state index < -0.39 is 10.8 Å². The summed E-state index contributed by atoms with van der Waals surface area (Å²) in [4.78, 5) is 25.3. The number of aryl methyl sites for hydroxylation is 1. The first kappa shape index (κ1) is 17.7. The molecule has 0 unspecified atom stereocenters. The van der Waals surface area contributed by atoms with E-state index in [1.807, 2.05) is 38.1 Å². The van der Waals surface area contributed by atoms with Crippen molar-refractivity contribution in [1.82, 2.24) is 4.90 Å². The van der Waals surface area contributed by atoms with Crippen LogP contribution >= 0.6 is 0 Å². The van der Waals surface area contributed by atoms with Gasteiger partial charge in [0, 0.05) is 23.9 Å². The van der Waals surface area contributed by atoms with Gasteiger partial charge in [-0.2, -0.15) is 0 Å². The Labute approximate surface area is 139 Å². The number of rotatable bonds is 5. The van der Waals surface area contributed by atoms with E-state index in [1.54, 1.807) is 4.90 Å². The van der Waals surface area contributed by atoms with Crippen molar-refractivity contribution >= 4 is 22.6 Å². The number of piperidine rings is 1. The monoisotopic (exact) mass is 336 g/mol. The van der Waals surface area contributed by atoms with E-state index in [0.717, 1.165) is 24.0 Å². The van der Waals surface area contributed by atoms with Gasteiger partial charge >= 0.3 is 0 Å². The molecule has 0 aromatic heterocycles. The third-order valence-electron chi connectivity index (χ3n) is 4.35. The minimum atomic E-state index is -1.29. The molecule has 1 heterocycles. The van der Waals surface area contributed by atoms with Crippen molar-refractivity contribution in [2.24, 2.45) is 11.7 Å². The van der Waals surface area contributed by atoms with E-state index in [1.165, 1.54) is 0 Å². The predicted octanol–water partition coefficient (Wildman–Crippen LogP) is 1.53. The second kappa shape index (κ2) is 7.73. The van der Waals surface area contributed by atoms with E-state index in [0.29, 0.717) is 13.1 Å². The number of carbonyl (C=O) groups is 2. The second-order valence-electron chi connectivity index (χ2n) is 6.16. The van der Waals surface area contributed by atoms with Gasteiger partial charge in [0.05, 0.1) is 11.2 Å². The van der Waals surface area contributed by atoms with Crippen molar-refractivity contribution in [3.05, 3.63) is 35.4 Å². The number of benzene rings is 1. The van der Waals surface area contributed by atoms with Crippen LogP contribution in [0.3, 0.4) is 0 Å². The van der Waals surface area contributed by atoms with Gasteiger partial charge in [0.25, 0.3) is 0 Å². The Balaban J connectivity index is 1.96. The summed E-state index contributed by atoms with van der Waals surface area (Å²) in [5.74, 6) is -0.818. The zero-order chi connectivity index (χ0) is 17.0. The molecule has 0 bridgehead atoms. The first-order chi connectivity index (χ1) is 10.9. The Hall–Kier alpha value is -1.69. The molecule has 1 aromatic rings. The number of amides is 2. The quantitative estimate of drug-likeness (QED) is 0.885. The summed E-state index contributed by atoms with van der Waals surface area (Å²) >= 11 is 0. The third-order valence-corrected chi connectivity index (χ3v) is 5.94. The van der Waals surface area contributed by atoms with Crippen LogP contribution in [-0.2, 0) is 20.4 Å². The van der Waals surface area contributed by atoms with Crippen molar-refractivity contribution in [3.8, 4) is 0 Å². The van der Waals surface area contributed by atoms with E-state index in [4.69, 9.17) is 5.73 Å². The molecule has 1 fully saturated rings. The maximum absolute atomic E-state index is 12.5. The lowest BCUT2D eigenvalue weighted by Gasteiger charge is -2.31. The van der Waals surface area contributed by atoms with E-state index in [2.05, 4.69) is 0 Å². The van der Waals surface area contributed by atoms with Crippen LogP contribution in [0.15, 0.2) is 24.3 Å². The molecule has 5 nitrogen and oxygen atoms in total. The molecule has 23 heavy (non-hydrogen) atoms. The van der Waals surface area contributed by atoms with Gasteiger partial charge in [0.2, 0.25) is 11.8 Å². The molecule has 6 heteroatoms. The fraction of sp³-hybridized carbons (Fsp3) is 0.529. The Morgan fingerprint density at radius 1 is 1.43 bits per heavy atom. The molecule has 0 saturated carbocycles. The summed E-state index contributed by atoms with van der Waals surface area (Å²) < 4.78 is 12.5. The van der Waals surface area contributed by atoms with Gasteiger partial charge in [0.1, 0.15) is 5.75 Å². The number of carbonyl (C=O) groups excluding carboxylic acids is 2. The largest absolute Gasteiger partial charge is 0.369 e. The molecule has 1 aromatic carbocycles. The lowest BCUT2D eigenvalue weighted by atomic mass is 9.97. The predicted molar refractivity (Wildman–Crippen MR) is 91.1 cm³/mol. The molecule has 1 saturated heterocycles. The molecule has 3 atom stereocenters. The summed E-state index contributed by atoms with van der Waals surface area (Å²) in [5, 5.41) is -0.199. The van der Waals surface area contributed by atoms with Crippen molar-refractivity contribution in [3.63, 3.8) is 0 Å². The first-order valence-corrected chi connectivity index (χ1v) is 9.27. The zero-order valence-corrected chi connectivity index (χ0v) is 14.5. The molecule has 1 aliphatic heterocycles. The fourth-order valence-corrected chi connectivity index (χ4v) is 3.97. The highest BCUT2D eigenvalue weighted by Crippen LogP contribution is 2.22. The van der Waals surface area contributed by atoms with E-state index in [9.17, 15) is 13.8 Å². The molecular weight excluding hydrogens is 312 g/mol. The van der Waals surface area contributed by atoms with Crippen molar-refractivity contribution in [2.45, 2.75) is 31.9 Å². The summed E-state index contributed by atoms with van der Waals surface area (Å²) in [6.07, 6.45) is 1.49. The summed E-state index contributed by atoms with van der Waals surface area (Å²) in [7, 11) is -1.29. The smallest absolute Gasteiger partial charge is 0.235 e. The summed E-state index contributed by atoms with van der Waals surface area (Å²) in [6.45, 7) is 4.82. The van der Waals surface area contributed by atoms with Crippen LogP contribution in [0.25, 0.3) is 0 Å². The Bertz CT molecular complexity index is 618. The molecule has 2 N–H and O–H groups in total. The minimum absolute atomic E-state index is 0.0133. The Kier molecular flexibility index (Phi) is 5.93. The number of hydrogen-bond acceptors (Lipinski definition) is 3. The molecular formula is C17H24N2O3S. The van der Waals surface area contributed by atoms with E-state index >= 15 is 0 Å². The Morgan fingerprint density at radius 3 is 2.83 bits per heavy atom. The summed E-state index contributed by atoms with van der Waals surface area (Å²) in [6, 6.07) is 7.85. The van der Waals surface area contributed by atoms with Crippen LogP contribution in [0.1, 0.15) is 36.1 Å². The Morgan fingerprint density at radius 2 is 2.17 bits per heavy atom. The molecule has 2 amide bonds. The van der Waals surface area contributed by atoms with Crippen molar-refractivity contribution < 1.29 is 13.8 Å². The van der Waals surface area contributed by atoms with E-state index in [-0.39, 0.29) is 28.7 Å². The molecule has 0 radical (unpaired) electrons. The van der Waals surface area contributed by atoms with Crippen LogP contribution in [0.4, 0.5) is 0 Å². The molecule has 2 rings (SSSR count). The van der Waals surface area contributed by atoms with Gasteiger partial charge in [-0.25, -0.2) is 0 Å².